The molecule has 1 aromatic carbocycles. The molecule has 0 bridgehead atoms. The van der Waals surface area contributed by atoms with Crippen LogP contribution in [0, 0.1) is 6.92 Å². The number of ether oxygens (including phenoxy) is 1. The molecule has 0 saturated heterocycles. The fraction of sp³-hybridized carbons (Fsp3) is 0.333. The number of fused-ring (bicyclic) bond motifs is 1. The van der Waals surface area contributed by atoms with Crippen molar-refractivity contribution in [3.63, 3.8) is 0 Å². The highest BCUT2D eigenvalue weighted by molar-refractivity contribution is 5.59. The molecule has 1 N–H and O–H groups in total. The van der Waals surface area contributed by atoms with Crippen molar-refractivity contribution in [2.75, 3.05) is 12.4 Å². The minimum Gasteiger partial charge on any atom is -0.495 e. The number of hydrogen-bond acceptors (Lipinski definition) is 4. The number of aryl methyl sites for hydroxylation is 1. The summed E-state index contributed by atoms with van der Waals surface area (Å²) in [6, 6.07) is 13.4. The first-order valence-corrected chi connectivity index (χ1v) is 8.70. The van der Waals surface area contributed by atoms with Gasteiger partial charge in [0.05, 0.1) is 25.0 Å². The summed E-state index contributed by atoms with van der Waals surface area (Å²) in [5.74, 6) is 0.770. The van der Waals surface area contributed by atoms with Crippen molar-refractivity contribution in [3.05, 3.63) is 69.8 Å². The number of nitrogens with zero attached hydrogens (tertiary/aromatic N) is 2. The van der Waals surface area contributed by atoms with E-state index in [2.05, 4.69) is 43.2 Å². The van der Waals surface area contributed by atoms with Gasteiger partial charge in [-0.1, -0.05) is 32.9 Å². The van der Waals surface area contributed by atoms with Gasteiger partial charge in [-0.3, -0.25) is 9.20 Å². The van der Waals surface area contributed by atoms with E-state index in [1.54, 1.807) is 17.6 Å². The fourth-order valence-corrected chi connectivity index (χ4v) is 2.95. The maximum atomic E-state index is 12.4. The van der Waals surface area contributed by atoms with Crippen LogP contribution in [0.25, 0.3) is 5.65 Å². The van der Waals surface area contributed by atoms with Crippen molar-refractivity contribution < 1.29 is 4.74 Å². The molecule has 0 fully saturated rings. The van der Waals surface area contributed by atoms with Crippen LogP contribution in [0.1, 0.15) is 37.7 Å². The molecular weight excluding hydrogens is 326 g/mol. The second-order valence-electron chi connectivity index (χ2n) is 7.47. The van der Waals surface area contributed by atoms with Crippen molar-refractivity contribution in [2.24, 2.45) is 0 Å². The molecule has 0 aliphatic heterocycles. The predicted molar refractivity (Wildman–Crippen MR) is 105 cm³/mol. The standard InChI is InChI=1S/C21H25N3O2/c1-14-7-6-8-19-23-16(12-20(25)24(14)19)13-22-17-11-15(21(2,3)4)9-10-18(17)26-5/h6-12,22H,13H2,1-5H3. The van der Waals surface area contributed by atoms with E-state index < -0.39 is 0 Å². The van der Waals surface area contributed by atoms with Crippen molar-refractivity contribution in [1.82, 2.24) is 9.38 Å². The van der Waals surface area contributed by atoms with Crippen LogP contribution in [0.5, 0.6) is 5.75 Å². The van der Waals surface area contributed by atoms with Crippen LogP contribution in [-0.2, 0) is 12.0 Å². The van der Waals surface area contributed by atoms with Gasteiger partial charge in [-0.05, 0) is 42.2 Å². The molecule has 0 aliphatic carbocycles. The lowest BCUT2D eigenvalue weighted by atomic mass is 9.87. The van der Waals surface area contributed by atoms with E-state index in [4.69, 9.17) is 4.74 Å². The fourth-order valence-electron chi connectivity index (χ4n) is 2.95. The van der Waals surface area contributed by atoms with E-state index in [0.717, 1.165) is 17.1 Å². The molecule has 2 aromatic heterocycles. The van der Waals surface area contributed by atoms with Crippen molar-refractivity contribution in [1.29, 1.82) is 0 Å². The average Bonchev–Trinajstić information content (AvgIpc) is 2.58. The molecule has 3 rings (SSSR count). The van der Waals surface area contributed by atoms with Gasteiger partial charge in [0.15, 0.2) is 0 Å². The molecule has 0 unspecified atom stereocenters. The van der Waals surface area contributed by atoms with Gasteiger partial charge in [0.2, 0.25) is 0 Å². The third-order valence-corrected chi connectivity index (χ3v) is 4.46. The Morgan fingerprint density at radius 1 is 1.15 bits per heavy atom. The quantitative estimate of drug-likeness (QED) is 0.774. The first-order valence-electron chi connectivity index (χ1n) is 8.70. The molecule has 0 atom stereocenters. The molecule has 5 nitrogen and oxygen atoms in total. The smallest absolute Gasteiger partial charge is 0.258 e. The second kappa shape index (κ2) is 6.83. The molecule has 3 aromatic rings. The zero-order valence-corrected chi connectivity index (χ0v) is 16.0. The zero-order valence-electron chi connectivity index (χ0n) is 16.0. The maximum Gasteiger partial charge on any atom is 0.258 e. The van der Waals surface area contributed by atoms with Gasteiger partial charge < -0.3 is 10.1 Å². The van der Waals surface area contributed by atoms with Crippen LogP contribution in [0.15, 0.2) is 47.3 Å². The Bertz CT molecular complexity index is 1000. The van der Waals surface area contributed by atoms with Crippen LogP contribution in [0.4, 0.5) is 5.69 Å². The normalized spacial score (nSPS) is 11.6. The first-order chi connectivity index (χ1) is 12.3. The molecule has 0 saturated carbocycles. The molecule has 2 heterocycles. The predicted octanol–water partition coefficient (Wildman–Crippen LogP) is 3.92. The lowest BCUT2D eigenvalue weighted by molar-refractivity contribution is 0.416. The number of nitrogens with one attached hydrogen (secondary N) is 1. The molecule has 0 spiro atoms. The van der Waals surface area contributed by atoms with E-state index in [-0.39, 0.29) is 11.0 Å². The molecule has 0 aliphatic rings. The van der Waals surface area contributed by atoms with Gasteiger partial charge in [-0.2, -0.15) is 0 Å². The highest BCUT2D eigenvalue weighted by atomic mass is 16.5. The monoisotopic (exact) mass is 351 g/mol. The van der Waals surface area contributed by atoms with E-state index in [9.17, 15) is 4.79 Å². The van der Waals surface area contributed by atoms with E-state index in [0.29, 0.717) is 17.9 Å². The van der Waals surface area contributed by atoms with E-state index >= 15 is 0 Å². The number of aromatic nitrogens is 2. The van der Waals surface area contributed by atoms with Gasteiger partial charge >= 0.3 is 0 Å². The highest BCUT2D eigenvalue weighted by Crippen LogP contribution is 2.31. The summed E-state index contributed by atoms with van der Waals surface area (Å²) in [4.78, 5) is 17.0. The summed E-state index contributed by atoms with van der Waals surface area (Å²) in [5.41, 5.74) is 4.31. The Morgan fingerprint density at radius 3 is 2.62 bits per heavy atom. The average molecular weight is 351 g/mol. The van der Waals surface area contributed by atoms with Crippen LogP contribution in [-0.4, -0.2) is 16.5 Å². The number of hydrogen-bond donors (Lipinski definition) is 1. The van der Waals surface area contributed by atoms with Crippen LogP contribution >= 0.6 is 0 Å². The van der Waals surface area contributed by atoms with Gasteiger partial charge in [0.1, 0.15) is 11.4 Å². The Labute approximate surface area is 153 Å². The van der Waals surface area contributed by atoms with Gasteiger partial charge in [-0.25, -0.2) is 4.98 Å². The number of rotatable bonds is 4. The SMILES string of the molecule is COc1ccc(C(C)(C)C)cc1NCc1cc(=O)n2c(C)cccc2n1. The second-order valence-corrected chi connectivity index (χ2v) is 7.47. The molecule has 0 amide bonds. The molecular formula is C21H25N3O2. The van der Waals surface area contributed by atoms with Crippen molar-refractivity contribution in [3.8, 4) is 5.75 Å². The van der Waals surface area contributed by atoms with Crippen molar-refractivity contribution >= 4 is 11.3 Å². The van der Waals surface area contributed by atoms with Crippen LogP contribution in [0.2, 0.25) is 0 Å². The molecule has 136 valence electrons. The van der Waals surface area contributed by atoms with Crippen molar-refractivity contribution in [2.45, 2.75) is 39.7 Å². The summed E-state index contributed by atoms with van der Waals surface area (Å²) < 4.78 is 7.08. The maximum absolute atomic E-state index is 12.4. The van der Waals surface area contributed by atoms with E-state index in [1.165, 1.54) is 5.56 Å². The third-order valence-electron chi connectivity index (χ3n) is 4.46. The summed E-state index contributed by atoms with van der Waals surface area (Å²) in [7, 11) is 1.65. The molecule has 26 heavy (non-hydrogen) atoms. The Morgan fingerprint density at radius 2 is 1.92 bits per heavy atom. The Balaban J connectivity index is 1.92. The molecule has 0 radical (unpaired) electrons. The lowest BCUT2D eigenvalue weighted by Crippen LogP contribution is -2.18. The summed E-state index contributed by atoms with van der Waals surface area (Å²) in [6.45, 7) is 8.87. The highest BCUT2D eigenvalue weighted by Gasteiger charge is 2.16. The largest absolute Gasteiger partial charge is 0.495 e. The first kappa shape index (κ1) is 18.0. The van der Waals surface area contributed by atoms with Gasteiger partial charge in [0, 0.05) is 11.8 Å². The van der Waals surface area contributed by atoms with E-state index in [1.807, 2.05) is 31.2 Å². The minimum absolute atomic E-state index is 0.0419. The number of pyridine rings is 1. The Kier molecular flexibility index (Phi) is 4.72. The summed E-state index contributed by atoms with van der Waals surface area (Å²) in [6.07, 6.45) is 0. The summed E-state index contributed by atoms with van der Waals surface area (Å²) >= 11 is 0. The zero-order chi connectivity index (χ0) is 18.9. The number of methoxy groups -OCH3 is 1. The third kappa shape index (κ3) is 3.57. The van der Waals surface area contributed by atoms with Crippen LogP contribution in [0.3, 0.4) is 0 Å². The minimum atomic E-state index is -0.0692. The molecule has 5 heteroatoms. The Hall–Kier alpha value is -2.82. The van der Waals surface area contributed by atoms with Gasteiger partial charge in [-0.15, -0.1) is 0 Å². The van der Waals surface area contributed by atoms with Gasteiger partial charge in [0.25, 0.3) is 5.56 Å². The van der Waals surface area contributed by atoms with Crippen LogP contribution < -0.4 is 15.6 Å². The topological polar surface area (TPSA) is 55.6 Å². The summed E-state index contributed by atoms with van der Waals surface area (Å²) in [5, 5.41) is 3.36. The lowest BCUT2D eigenvalue weighted by Gasteiger charge is -2.21. The number of anilines is 1. The number of benzene rings is 1.